The quantitative estimate of drug-likeness (QED) is 0.792. The van der Waals surface area contributed by atoms with Crippen LogP contribution in [-0.4, -0.2) is 5.78 Å². The lowest BCUT2D eigenvalue weighted by Crippen LogP contribution is -2.13. The number of rotatable bonds is 2. The number of hydrogen-bond acceptors (Lipinski definition) is 3. The van der Waals surface area contributed by atoms with Gasteiger partial charge in [0.1, 0.15) is 11.5 Å². The summed E-state index contributed by atoms with van der Waals surface area (Å²) in [5.41, 5.74) is 2.20. The van der Waals surface area contributed by atoms with E-state index in [0.717, 1.165) is 23.3 Å². The Hall–Kier alpha value is -2.03. The molecule has 0 saturated heterocycles. The van der Waals surface area contributed by atoms with Crippen LogP contribution in [0.5, 0.6) is 11.7 Å². The van der Waals surface area contributed by atoms with Crippen LogP contribution in [0.25, 0.3) is 0 Å². The highest BCUT2D eigenvalue weighted by molar-refractivity contribution is 5.83. The number of fused-ring (bicyclic) bond motifs is 1. The first-order valence-electron chi connectivity index (χ1n) is 5.67. The molecular weight excluding hydrogens is 216 g/mol. The largest absolute Gasteiger partial charge is 0.434 e. The lowest BCUT2D eigenvalue weighted by molar-refractivity contribution is -0.118. The Bertz CT molecular complexity index is 541. The lowest BCUT2D eigenvalue weighted by atomic mass is 9.90. The van der Waals surface area contributed by atoms with Crippen molar-refractivity contribution in [1.29, 1.82) is 0 Å². The Kier molecular flexibility index (Phi) is 2.44. The van der Waals surface area contributed by atoms with E-state index in [1.165, 1.54) is 0 Å². The first-order chi connectivity index (χ1) is 8.33. The number of Topliss-reactive ketones (excluding diaryl/α,β-unsaturated/α-hetero) is 1. The molecule has 17 heavy (non-hydrogen) atoms. The van der Waals surface area contributed by atoms with Crippen LogP contribution in [0.2, 0.25) is 0 Å². The van der Waals surface area contributed by atoms with Gasteiger partial charge in [-0.2, -0.15) is 0 Å². The molecule has 0 spiro atoms. The predicted octanol–water partition coefficient (Wildman–Crippen LogP) is 3.13. The van der Waals surface area contributed by atoms with Gasteiger partial charge < -0.3 is 9.15 Å². The van der Waals surface area contributed by atoms with Gasteiger partial charge in [-0.25, -0.2) is 0 Å². The summed E-state index contributed by atoms with van der Waals surface area (Å²) in [7, 11) is 0. The molecule has 0 atom stereocenters. The van der Waals surface area contributed by atoms with Gasteiger partial charge in [0.05, 0.1) is 6.26 Å². The molecule has 86 valence electrons. The molecule has 0 fully saturated rings. The second-order valence-corrected chi connectivity index (χ2v) is 4.14. The van der Waals surface area contributed by atoms with E-state index >= 15 is 0 Å². The second-order valence-electron chi connectivity index (χ2n) is 4.14. The van der Waals surface area contributed by atoms with Crippen LogP contribution in [0.4, 0.5) is 0 Å². The Morgan fingerprint density at radius 2 is 2.06 bits per heavy atom. The fourth-order valence-electron chi connectivity index (χ4n) is 2.15. The number of hydrogen-bond donors (Lipinski definition) is 0. The highest BCUT2D eigenvalue weighted by Gasteiger charge is 2.19. The third kappa shape index (κ3) is 1.96. The molecule has 0 saturated carbocycles. The molecule has 3 heteroatoms. The third-order valence-electron chi connectivity index (χ3n) is 2.98. The molecule has 3 rings (SSSR count). The van der Waals surface area contributed by atoms with Crippen molar-refractivity contribution in [1.82, 2.24) is 0 Å². The van der Waals surface area contributed by atoms with Gasteiger partial charge in [-0.15, -0.1) is 0 Å². The monoisotopic (exact) mass is 228 g/mol. The summed E-state index contributed by atoms with van der Waals surface area (Å²) in [6.07, 6.45) is 3.45. The molecule has 0 bridgehead atoms. The van der Waals surface area contributed by atoms with Crippen molar-refractivity contribution in [3.8, 4) is 11.7 Å². The second kappa shape index (κ2) is 4.09. The summed E-state index contributed by atoms with van der Waals surface area (Å²) in [6.45, 7) is 0. The van der Waals surface area contributed by atoms with Crippen LogP contribution in [0.1, 0.15) is 17.5 Å². The van der Waals surface area contributed by atoms with Gasteiger partial charge in [-0.05, 0) is 29.7 Å². The molecule has 0 unspecified atom stereocenters. The Morgan fingerprint density at radius 1 is 1.12 bits per heavy atom. The van der Waals surface area contributed by atoms with Gasteiger partial charge in [-0.3, -0.25) is 4.79 Å². The van der Waals surface area contributed by atoms with Gasteiger partial charge in [0.2, 0.25) is 0 Å². The molecule has 1 aromatic heterocycles. The van der Waals surface area contributed by atoms with Gasteiger partial charge in [0.25, 0.3) is 5.95 Å². The zero-order valence-electron chi connectivity index (χ0n) is 9.31. The molecule has 0 radical (unpaired) electrons. The molecule has 2 aromatic rings. The van der Waals surface area contributed by atoms with E-state index in [4.69, 9.17) is 9.15 Å². The molecule has 1 aliphatic carbocycles. The number of ether oxygens (including phenoxy) is 1. The highest BCUT2D eigenvalue weighted by atomic mass is 16.6. The normalized spacial score (nSPS) is 14.5. The maximum atomic E-state index is 11.4. The average Bonchev–Trinajstić information content (AvgIpc) is 2.82. The zero-order chi connectivity index (χ0) is 11.7. The van der Waals surface area contributed by atoms with E-state index in [1.54, 1.807) is 18.4 Å². The van der Waals surface area contributed by atoms with Crippen LogP contribution < -0.4 is 4.74 Å². The van der Waals surface area contributed by atoms with Crippen LogP contribution in [-0.2, 0) is 17.6 Å². The summed E-state index contributed by atoms with van der Waals surface area (Å²) in [5, 5.41) is 0. The Labute approximate surface area is 99.0 Å². The number of carbonyl (C=O) groups excluding carboxylic acids is 1. The standard InChI is InChI=1S/C14H12O3/c15-11-6-7-12-10(9-11)3-1-4-13(12)17-14-5-2-8-16-14/h1-5,8H,6-7,9H2. The first-order valence-corrected chi connectivity index (χ1v) is 5.67. The SMILES string of the molecule is O=C1CCc2c(cccc2Oc2ccco2)C1. The van der Waals surface area contributed by atoms with E-state index < -0.39 is 0 Å². The van der Waals surface area contributed by atoms with E-state index in [0.29, 0.717) is 24.6 Å². The van der Waals surface area contributed by atoms with Crippen molar-refractivity contribution in [3.05, 3.63) is 47.7 Å². The van der Waals surface area contributed by atoms with E-state index in [2.05, 4.69) is 0 Å². The predicted molar refractivity (Wildman–Crippen MR) is 62.3 cm³/mol. The molecule has 1 heterocycles. The van der Waals surface area contributed by atoms with Gasteiger partial charge >= 0.3 is 0 Å². The van der Waals surface area contributed by atoms with Gasteiger partial charge in [0, 0.05) is 18.9 Å². The van der Waals surface area contributed by atoms with Crippen molar-refractivity contribution in [2.45, 2.75) is 19.3 Å². The molecule has 1 aromatic carbocycles. The van der Waals surface area contributed by atoms with Crippen LogP contribution >= 0.6 is 0 Å². The topological polar surface area (TPSA) is 39.4 Å². The Morgan fingerprint density at radius 3 is 2.88 bits per heavy atom. The maximum Gasteiger partial charge on any atom is 0.289 e. The number of benzene rings is 1. The molecule has 0 amide bonds. The molecular formula is C14H12O3. The minimum atomic E-state index is 0.299. The molecule has 0 aliphatic heterocycles. The maximum absolute atomic E-state index is 11.4. The number of ketones is 1. The van der Waals surface area contributed by atoms with Gasteiger partial charge in [-0.1, -0.05) is 12.1 Å². The Balaban J connectivity index is 1.95. The molecule has 0 N–H and O–H groups in total. The summed E-state index contributed by atoms with van der Waals surface area (Å²) < 4.78 is 10.8. The smallest absolute Gasteiger partial charge is 0.289 e. The summed E-state index contributed by atoms with van der Waals surface area (Å²) in [5.74, 6) is 1.58. The minimum Gasteiger partial charge on any atom is -0.434 e. The number of carbonyl (C=O) groups is 1. The van der Waals surface area contributed by atoms with Gasteiger partial charge in [0.15, 0.2) is 0 Å². The van der Waals surface area contributed by atoms with Crippen LogP contribution in [0.15, 0.2) is 41.0 Å². The van der Waals surface area contributed by atoms with Crippen molar-refractivity contribution in [2.75, 3.05) is 0 Å². The van der Waals surface area contributed by atoms with E-state index in [-0.39, 0.29) is 0 Å². The van der Waals surface area contributed by atoms with Crippen molar-refractivity contribution >= 4 is 5.78 Å². The average molecular weight is 228 g/mol. The van der Waals surface area contributed by atoms with Crippen molar-refractivity contribution in [3.63, 3.8) is 0 Å². The van der Waals surface area contributed by atoms with Crippen LogP contribution in [0, 0.1) is 0 Å². The van der Waals surface area contributed by atoms with Crippen molar-refractivity contribution in [2.24, 2.45) is 0 Å². The summed E-state index contributed by atoms with van der Waals surface area (Å²) in [4.78, 5) is 11.4. The molecule has 3 nitrogen and oxygen atoms in total. The van der Waals surface area contributed by atoms with Crippen molar-refractivity contribution < 1.29 is 13.9 Å². The number of furan rings is 1. The fraction of sp³-hybridized carbons (Fsp3) is 0.214. The fourth-order valence-corrected chi connectivity index (χ4v) is 2.15. The zero-order valence-corrected chi connectivity index (χ0v) is 9.31. The van der Waals surface area contributed by atoms with E-state index in [1.807, 2.05) is 18.2 Å². The lowest BCUT2D eigenvalue weighted by Gasteiger charge is -2.17. The highest BCUT2D eigenvalue weighted by Crippen LogP contribution is 2.31. The minimum absolute atomic E-state index is 0.299. The van der Waals surface area contributed by atoms with E-state index in [9.17, 15) is 4.79 Å². The summed E-state index contributed by atoms with van der Waals surface area (Å²) >= 11 is 0. The first kappa shape index (κ1) is 10.1. The summed E-state index contributed by atoms with van der Waals surface area (Å²) in [6, 6.07) is 9.37. The van der Waals surface area contributed by atoms with Crippen LogP contribution in [0.3, 0.4) is 0 Å². The molecule has 1 aliphatic rings. The third-order valence-corrected chi connectivity index (χ3v) is 2.98.